The molecule has 1 rings (SSSR count). The predicted octanol–water partition coefficient (Wildman–Crippen LogP) is 2.45. The Morgan fingerprint density at radius 3 is 2.21 bits per heavy atom. The van der Waals surface area contributed by atoms with Gasteiger partial charge in [-0.25, -0.2) is 13.6 Å². The molecule has 0 aliphatic rings. The van der Waals surface area contributed by atoms with Gasteiger partial charge in [0.1, 0.15) is 6.61 Å². The van der Waals surface area contributed by atoms with Gasteiger partial charge in [-0.2, -0.15) is 0 Å². The van der Waals surface area contributed by atoms with Crippen LogP contribution in [0.25, 0.3) is 0 Å². The molecule has 2 N–H and O–H groups in total. The molecule has 0 saturated carbocycles. The number of halogens is 2. The molecule has 0 spiro atoms. The zero-order valence-electron chi connectivity index (χ0n) is 10.4. The van der Waals surface area contributed by atoms with Crippen LogP contribution < -0.4 is 9.88 Å². The van der Waals surface area contributed by atoms with Crippen LogP contribution in [-0.4, -0.2) is 28.2 Å². The molecule has 0 aromatic heterocycles. The molecular formula is C11H15Cl2NO4S. The van der Waals surface area contributed by atoms with E-state index in [0.717, 1.165) is 6.42 Å². The van der Waals surface area contributed by atoms with Crippen molar-refractivity contribution in [2.24, 2.45) is 5.14 Å². The largest absolute Gasteiger partial charge is 0.488 e. The summed E-state index contributed by atoms with van der Waals surface area (Å²) in [4.78, 5) is -0.155. The van der Waals surface area contributed by atoms with E-state index in [9.17, 15) is 8.42 Å². The van der Waals surface area contributed by atoms with E-state index >= 15 is 0 Å². The Bertz CT molecular complexity index is 510. The van der Waals surface area contributed by atoms with E-state index < -0.39 is 10.0 Å². The Labute approximate surface area is 122 Å². The van der Waals surface area contributed by atoms with Crippen molar-refractivity contribution in [3.8, 4) is 5.75 Å². The summed E-state index contributed by atoms with van der Waals surface area (Å²) < 4.78 is 33.0. The average Bonchev–Trinajstić information content (AvgIpc) is 2.30. The molecule has 5 nitrogen and oxygen atoms in total. The summed E-state index contributed by atoms with van der Waals surface area (Å²) in [6.45, 7) is 3.32. The molecule has 1 aromatic carbocycles. The van der Waals surface area contributed by atoms with Gasteiger partial charge >= 0.3 is 0 Å². The van der Waals surface area contributed by atoms with Crippen LogP contribution in [0.3, 0.4) is 0 Å². The van der Waals surface area contributed by atoms with Crippen LogP contribution in [0.2, 0.25) is 10.0 Å². The van der Waals surface area contributed by atoms with Crippen molar-refractivity contribution in [2.75, 3.05) is 19.8 Å². The zero-order valence-corrected chi connectivity index (χ0v) is 12.7. The highest BCUT2D eigenvalue weighted by Crippen LogP contribution is 2.35. The van der Waals surface area contributed by atoms with Crippen LogP contribution in [0.1, 0.15) is 13.3 Å². The molecule has 0 saturated heterocycles. The highest BCUT2D eigenvalue weighted by molar-refractivity contribution is 7.89. The molecule has 0 aliphatic heterocycles. The number of hydrogen-bond donors (Lipinski definition) is 1. The normalized spacial score (nSPS) is 11.6. The number of ether oxygens (including phenoxy) is 2. The molecule has 108 valence electrons. The number of rotatable bonds is 7. The molecule has 0 radical (unpaired) electrons. The van der Waals surface area contributed by atoms with Gasteiger partial charge in [0.2, 0.25) is 10.0 Å². The minimum absolute atomic E-state index is 0.0898. The molecule has 8 heteroatoms. The number of benzene rings is 1. The maximum atomic E-state index is 11.2. The van der Waals surface area contributed by atoms with Gasteiger partial charge < -0.3 is 9.47 Å². The van der Waals surface area contributed by atoms with Crippen LogP contribution in [0, 0.1) is 0 Å². The molecule has 0 amide bonds. The van der Waals surface area contributed by atoms with Gasteiger partial charge in [0.05, 0.1) is 21.5 Å². The second kappa shape index (κ2) is 7.31. The zero-order chi connectivity index (χ0) is 14.5. The predicted molar refractivity (Wildman–Crippen MR) is 74.4 cm³/mol. The number of hydrogen-bond acceptors (Lipinski definition) is 4. The van der Waals surface area contributed by atoms with E-state index in [-0.39, 0.29) is 27.3 Å². The number of nitrogens with two attached hydrogens (primary N) is 1. The minimum atomic E-state index is -3.85. The van der Waals surface area contributed by atoms with Crippen LogP contribution in [0.15, 0.2) is 17.0 Å². The fourth-order valence-electron chi connectivity index (χ4n) is 1.29. The third-order valence-electron chi connectivity index (χ3n) is 2.12. The quantitative estimate of drug-likeness (QED) is 0.780. The first-order valence-electron chi connectivity index (χ1n) is 5.58. The fourth-order valence-corrected chi connectivity index (χ4v) is 2.58. The lowest BCUT2D eigenvalue weighted by molar-refractivity contribution is 0.101. The van der Waals surface area contributed by atoms with Gasteiger partial charge in [-0.05, 0) is 18.6 Å². The Balaban J connectivity index is 2.75. The standard InChI is InChI=1S/C11H15Cl2NO4S/c1-2-3-17-4-5-18-11-9(12)6-8(7-10(11)13)19(14,15)16/h6-7H,2-5H2,1H3,(H2,14,15,16). The molecule has 0 aliphatic carbocycles. The van der Waals surface area contributed by atoms with E-state index in [1.165, 1.54) is 12.1 Å². The molecule has 0 heterocycles. The second-order valence-electron chi connectivity index (χ2n) is 3.72. The van der Waals surface area contributed by atoms with Crippen molar-refractivity contribution in [3.63, 3.8) is 0 Å². The molecule has 0 unspecified atom stereocenters. The lowest BCUT2D eigenvalue weighted by Gasteiger charge is -2.11. The Morgan fingerprint density at radius 1 is 1.16 bits per heavy atom. The molecule has 19 heavy (non-hydrogen) atoms. The smallest absolute Gasteiger partial charge is 0.238 e. The third kappa shape index (κ3) is 5.16. The van der Waals surface area contributed by atoms with Crippen molar-refractivity contribution in [2.45, 2.75) is 18.2 Å². The first-order valence-corrected chi connectivity index (χ1v) is 7.89. The van der Waals surface area contributed by atoms with Gasteiger partial charge in [0.25, 0.3) is 0 Å². The average molecular weight is 328 g/mol. The van der Waals surface area contributed by atoms with E-state index in [1.54, 1.807) is 0 Å². The minimum Gasteiger partial charge on any atom is -0.488 e. The Morgan fingerprint density at radius 2 is 1.74 bits per heavy atom. The first kappa shape index (κ1) is 16.5. The maximum absolute atomic E-state index is 11.2. The van der Waals surface area contributed by atoms with Gasteiger partial charge in [-0.1, -0.05) is 30.1 Å². The first-order chi connectivity index (χ1) is 8.86. The van der Waals surface area contributed by atoms with E-state index in [1.807, 2.05) is 6.92 Å². The van der Waals surface area contributed by atoms with Crippen molar-refractivity contribution in [1.82, 2.24) is 0 Å². The molecule has 1 aromatic rings. The number of primary sulfonamides is 1. The molecule has 0 atom stereocenters. The van der Waals surface area contributed by atoms with Crippen molar-refractivity contribution >= 4 is 33.2 Å². The van der Waals surface area contributed by atoms with Crippen molar-refractivity contribution < 1.29 is 17.9 Å². The van der Waals surface area contributed by atoms with E-state index in [2.05, 4.69) is 0 Å². The summed E-state index contributed by atoms with van der Waals surface area (Å²) >= 11 is 11.8. The second-order valence-corrected chi connectivity index (χ2v) is 6.10. The molecule has 0 bridgehead atoms. The summed E-state index contributed by atoms with van der Waals surface area (Å²) in [6.07, 6.45) is 0.921. The highest BCUT2D eigenvalue weighted by Gasteiger charge is 2.15. The fraction of sp³-hybridized carbons (Fsp3) is 0.455. The highest BCUT2D eigenvalue weighted by atomic mass is 35.5. The monoisotopic (exact) mass is 327 g/mol. The van der Waals surface area contributed by atoms with Crippen molar-refractivity contribution in [3.05, 3.63) is 22.2 Å². The lowest BCUT2D eigenvalue weighted by atomic mass is 10.3. The van der Waals surface area contributed by atoms with Crippen LogP contribution in [-0.2, 0) is 14.8 Å². The van der Waals surface area contributed by atoms with Gasteiger partial charge in [-0.15, -0.1) is 0 Å². The maximum Gasteiger partial charge on any atom is 0.238 e. The summed E-state index contributed by atoms with van der Waals surface area (Å²) in [7, 11) is -3.85. The van der Waals surface area contributed by atoms with Gasteiger partial charge in [-0.3, -0.25) is 0 Å². The molecule has 0 fully saturated rings. The van der Waals surface area contributed by atoms with Crippen LogP contribution in [0.5, 0.6) is 5.75 Å². The Kier molecular flexibility index (Phi) is 6.35. The Hall–Kier alpha value is -0.530. The summed E-state index contributed by atoms with van der Waals surface area (Å²) in [5.41, 5.74) is 0. The third-order valence-corrected chi connectivity index (χ3v) is 3.58. The van der Waals surface area contributed by atoms with Gasteiger partial charge in [0.15, 0.2) is 5.75 Å². The SMILES string of the molecule is CCCOCCOc1c(Cl)cc(S(N)(=O)=O)cc1Cl. The topological polar surface area (TPSA) is 78.6 Å². The summed E-state index contributed by atoms with van der Waals surface area (Å²) in [5, 5.41) is 5.17. The number of sulfonamides is 1. The van der Waals surface area contributed by atoms with Crippen molar-refractivity contribution in [1.29, 1.82) is 0 Å². The lowest BCUT2D eigenvalue weighted by Crippen LogP contribution is -2.13. The van der Waals surface area contributed by atoms with Crippen LogP contribution >= 0.6 is 23.2 Å². The van der Waals surface area contributed by atoms with E-state index in [0.29, 0.717) is 13.2 Å². The summed E-state index contributed by atoms with van der Waals surface area (Å²) in [5.74, 6) is 0.218. The summed E-state index contributed by atoms with van der Waals surface area (Å²) in [6, 6.07) is 2.40. The van der Waals surface area contributed by atoms with Gasteiger partial charge in [0, 0.05) is 6.61 Å². The molecular weight excluding hydrogens is 313 g/mol. The van der Waals surface area contributed by atoms with Crippen LogP contribution in [0.4, 0.5) is 0 Å². The van der Waals surface area contributed by atoms with E-state index in [4.69, 9.17) is 37.8 Å².